The molecule has 4 heterocycles. The minimum absolute atomic E-state index is 0.0225. The lowest BCUT2D eigenvalue weighted by molar-refractivity contribution is -0.129. The van der Waals surface area contributed by atoms with E-state index in [1.165, 1.54) is 19.7 Å². The van der Waals surface area contributed by atoms with Crippen molar-refractivity contribution < 1.29 is 27.5 Å². The number of rotatable bonds is 13. The van der Waals surface area contributed by atoms with Crippen LogP contribution in [0.15, 0.2) is 77.9 Å². The number of fused-ring (bicyclic) bond motifs is 5. The van der Waals surface area contributed by atoms with Gasteiger partial charge in [-0.3, -0.25) is 14.5 Å². The first-order valence-electron chi connectivity index (χ1n) is 20.8. The van der Waals surface area contributed by atoms with Gasteiger partial charge in [0.05, 0.1) is 38.2 Å². The Balaban J connectivity index is 1.31. The Morgan fingerprint density at radius 3 is 2.44 bits per heavy atom. The molecular formula is C45H59N5O6S. The van der Waals surface area contributed by atoms with Crippen LogP contribution in [0.5, 0.6) is 0 Å². The molecular weight excluding hydrogens is 739 g/mol. The molecule has 11 nitrogen and oxygen atoms in total. The third-order valence-corrected chi connectivity index (χ3v) is 13.6. The first-order valence-corrected chi connectivity index (χ1v) is 22.2. The highest BCUT2D eigenvalue weighted by atomic mass is 32.2. The van der Waals surface area contributed by atoms with Crippen molar-refractivity contribution in [1.82, 2.24) is 23.4 Å². The summed E-state index contributed by atoms with van der Waals surface area (Å²) in [6.45, 7) is 12.2. The average Bonchev–Trinajstić information content (AvgIpc) is 3.44. The van der Waals surface area contributed by atoms with Gasteiger partial charge in [0, 0.05) is 79.8 Å². The molecule has 57 heavy (non-hydrogen) atoms. The standard InChI is InChI=1S/C45H59N5O6S/c1-6-7-9-12-31(2)42-38-16-15-34(44(51)46-57(53,54)47(4)5)27-40(38)50-29-36(45(52)49-19-17-37(18-20-49)48-21-23-55-24-22-48)26-35-28-41(32(3)25-39(35)43(42)50)56-30-33-13-10-8-11-14-33/h8,10-11,13-16,25-28,31-32,37,41H,6-7,9,12,17-24,29-30H2,1-5H3,(H,46,51). The second-order valence-corrected chi connectivity index (χ2v) is 18.2. The van der Waals surface area contributed by atoms with Crippen molar-refractivity contribution >= 4 is 38.5 Å². The van der Waals surface area contributed by atoms with E-state index < -0.39 is 16.1 Å². The number of hydrogen-bond donors (Lipinski definition) is 1. The Morgan fingerprint density at radius 1 is 1.00 bits per heavy atom. The van der Waals surface area contributed by atoms with Gasteiger partial charge in [0.15, 0.2) is 0 Å². The summed E-state index contributed by atoms with van der Waals surface area (Å²) in [7, 11) is -1.24. The van der Waals surface area contributed by atoms with Crippen molar-refractivity contribution in [3.05, 3.63) is 100 Å². The number of benzene rings is 2. The second kappa shape index (κ2) is 17.8. The number of carbonyl (C=O) groups excluding carboxylic acids is 2. The maximum Gasteiger partial charge on any atom is 0.303 e. The first kappa shape index (κ1) is 41.1. The van der Waals surface area contributed by atoms with Gasteiger partial charge in [-0.2, -0.15) is 12.7 Å². The van der Waals surface area contributed by atoms with Gasteiger partial charge in [0.2, 0.25) is 0 Å². The Hall–Kier alpha value is -4.07. The largest absolute Gasteiger partial charge is 0.379 e. The van der Waals surface area contributed by atoms with Crippen LogP contribution in [0.2, 0.25) is 0 Å². The number of morpholine rings is 1. The van der Waals surface area contributed by atoms with Gasteiger partial charge in [-0.1, -0.05) is 82.5 Å². The quantitative estimate of drug-likeness (QED) is 0.192. The van der Waals surface area contributed by atoms with E-state index in [2.05, 4.69) is 65.3 Å². The zero-order valence-corrected chi connectivity index (χ0v) is 35.0. The number of hydrogen-bond acceptors (Lipinski definition) is 7. The number of allylic oxidation sites excluding steroid dienone is 3. The topological polar surface area (TPSA) is 113 Å². The predicted octanol–water partition coefficient (Wildman–Crippen LogP) is 6.67. The summed E-state index contributed by atoms with van der Waals surface area (Å²) in [6, 6.07) is 16.1. The summed E-state index contributed by atoms with van der Waals surface area (Å²) in [5.41, 5.74) is 7.10. The van der Waals surface area contributed by atoms with Crippen LogP contribution >= 0.6 is 0 Å². The van der Waals surface area contributed by atoms with E-state index in [1.807, 2.05) is 29.2 Å². The van der Waals surface area contributed by atoms with Crippen LogP contribution in [0.3, 0.4) is 0 Å². The lowest BCUT2D eigenvalue weighted by Gasteiger charge is -2.40. The molecule has 0 radical (unpaired) electrons. The highest BCUT2D eigenvalue weighted by Crippen LogP contribution is 2.45. The van der Waals surface area contributed by atoms with E-state index in [1.54, 1.807) is 12.1 Å². The van der Waals surface area contributed by atoms with E-state index in [0.717, 1.165) is 102 Å². The molecule has 0 spiro atoms. The van der Waals surface area contributed by atoms with Crippen molar-refractivity contribution in [3.63, 3.8) is 0 Å². The lowest BCUT2D eigenvalue weighted by Crippen LogP contribution is -2.50. The number of likely N-dealkylation sites (tertiary alicyclic amines) is 1. The third kappa shape index (κ3) is 9.00. The van der Waals surface area contributed by atoms with Crippen molar-refractivity contribution in [3.8, 4) is 0 Å². The van der Waals surface area contributed by atoms with E-state index in [9.17, 15) is 18.0 Å². The Morgan fingerprint density at radius 2 is 1.74 bits per heavy atom. The van der Waals surface area contributed by atoms with E-state index in [4.69, 9.17) is 9.47 Å². The first-order chi connectivity index (χ1) is 27.4. The molecule has 1 aliphatic carbocycles. The average molecular weight is 798 g/mol. The number of piperidine rings is 1. The number of amides is 2. The van der Waals surface area contributed by atoms with Crippen LogP contribution in [-0.4, -0.2) is 105 Å². The molecule has 2 amide bonds. The zero-order valence-electron chi connectivity index (χ0n) is 34.2. The molecule has 12 heteroatoms. The van der Waals surface area contributed by atoms with Gasteiger partial charge < -0.3 is 18.9 Å². The number of aromatic nitrogens is 1. The molecule has 3 aromatic rings. The summed E-state index contributed by atoms with van der Waals surface area (Å²) >= 11 is 0. The monoisotopic (exact) mass is 797 g/mol. The molecule has 3 unspecified atom stereocenters. The van der Waals surface area contributed by atoms with Gasteiger partial charge >= 0.3 is 10.2 Å². The number of carbonyl (C=O) groups is 2. The fourth-order valence-electron chi connectivity index (χ4n) is 8.88. The fraction of sp³-hybridized carbons (Fsp3) is 0.511. The summed E-state index contributed by atoms with van der Waals surface area (Å²) in [6.07, 6.45) is 12.6. The van der Waals surface area contributed by atoms with Crippen LogP contribution < -0.4 is 4.72 Å². The molecule has 7 rings (SSSR count). The second-order valence-electron chi connectivity index (χ2n) is 16.4. The summed E-state index contributed by atoms with van der Waals surface area (Å²) in [5.74, 6) is -0.448. The molecule has 1 N–H and O–H groups in total. The third-order valence-electron chi connectivity index (χ3n) is 12.2. The minimum Gasteiger partial charge on any atom is -0.379 e. The van der Waals surface area contributed by atoms with Crippen molar-refractivity contribution in [2.24, 2.45) is 5.92 Å². The van der Waals surface area contributed by atoms with Crippen LogP contribution in [0.25, 0.3) is 16.5 Å². The summed E-state index contributed by atoms with van der Waals surface area (Å²) in [5, 5.41) is 1.01. The maximum absolute atomic E-state index is 14.8. The van der Waals surface area contributed by atoms with Crippen LogP contribution in [0.1, 0.15) is 92.4 Å². The zero-order chi connectivity index (χ0) is 40.3. The normalized spacial score (nSPS) is 21.3. The molecule has 3 aliphatic heterocycles. The van der Waals surface area contributed by atoms with Crippen molar-refractivity contribution in [2.45, 2.75) is 90.5 Å². The molecule has 306 valence electrons. The Labute approximate surface area is 338 Å². The fourth-order valence-corrected chi connectivity index (χ4v) is 9.41. The van der Waals surface area contributed by atoms with E-state index in [-0.39, 0.29) is 29.4 Å². The summed E-state index contributed by atoms with van der Waals surface area (Å²) < 4.78 is 43.0. The molecule has 0 saturated carbocycles. The van der Waals surface area contributed by atoms with E-state index >= 15 is 0 Å². The molecule has 2 aromatic carbocycles. The number of unbranched alkanes of at least 4 members (excludes halogenated alkanes) is 2. The van der Waals surface area contributed by atoms with Gasteiger partial charge in [-0.15, -0.1) is 0 Å². The molecule has 2 saturated heterocycles. The van der Waals surface area contributed by atoms with E-state index in [0.29, 0.717) is 37.9 Å². The number of ether oxygens (including phenoxy) is 2. The minimum atomic E-state index is -4.01. The van der Waals surface area contributed by atoms with Crippen LogP contribution in [0, 0.1) is 5.92 Å². The highest BCUT2D eigenvalue weighted by molar-refractivity contribution is 7.87. The van der Waals surface area contributed by atoms with Gasteiger partial charge in [-0.05, 0) is 66.2 Å². The van der Waals surface area contributed by atoms with Crippen molar-refractivity contribution in [1.29, 1.82) is 0 Å². The summed E-state index contributed by atoms with van der Waals surface area (Å²) in [4.78, 5) is 32.8. The van der Waals surface area contributed by atoms with Gasteiger partial charge in [0.25, 0.3) is 11.8 Å². The molecule has 2 fully saturated rings. The molecule has 1 aromatic heterocycles. The maximum atomic E-state index is 14.8. The van der Waals surface area contributed by atoms with Crippen LogP contribution in [-0.2, 0) is 37.6 Å². The van der Waals surface area contributed by atoms with Gasteiger partial charge in [0.1, 0.15) is 0 Å². The number of nitrogens with zero attached hydrogens (tertiary/aromatic N) is 4. The number of nitrogens with one attached hydrogen (secondary N) is 1. The lowest BCUT2D eigenvalue weighted by atomic mass is 9.83. The Bertz CT molecular complexity index is 2140. The van der Waals surface area contributed by atoms with Crippen molar-refractivity contribution in [2.75, 3.05) is 53.5 Å². The smallest absolute Gasteiger partial charge is 0.303 e. The van der Waals surface area contributed by atoms with Crippen LogP contribution in [0.4, 0.5) is 0 Å². The molecule has 3 atom stereocenters. The highest BCUT2D eigenvalue weighted by Gasteiger charge is 2.35. The predicted molar refractivity (Wildman–Crippen MR) is 225 cm³/mol. The SMILES string of the molecule is CCCCCC(C)c1c2n(c3cc(C(=O)NS(=O)(=O)N(C)C)ccc13)CC(C(=O)N1CCC(N3CCOCC3)CC1)=CC1=CC(OCc3ccccc3)C(C)C=C12. The van der Waals surface area contributed by atoms with Gasteiger partial charge in [-0.25, -0.2) is 4.72 Å². The molecule has 0 bridgehead atoms. The Kier molecular flexibility index (Phi) is 12.9. The molecule has 4 aliphatic rings.